The largest absolute Gasteiger partial charge is 0.480 e. The zero-order chi connectivity index (χ0) is 24.5. The van der Waals surface area contributed by atoms with Crippen LogP contribution in [0.4, 0.5) is 0 Å². The van der Waals surface area contributed by atoms with Gasteiger partial charge in [-0.1, -0.05) is 20.8 Å². The molecule has 1 aliphatic carbocycles. The third-order valence-corrected chi connectivity index (χ3v) is 7.35. The highest BCUT2D eigenvalue weighted by Crippen LogP contribution is 2.45. The maximum atomic E-state index is 12.5. The lowest BCUT2D eigenvalue weighted by Gasteiger charge is -2.41. The van der Waals surface area contributed by atoms with E-state index in [1.165, 1.54) is 11.8 Å². The summed E-state index contributed by atoms with van der Waals surface area (Å²) in [6.07, 6.45) is 3.07. The molecule has 0 bridgehead atoms. The Kier molecular flexibility index (Phi) is 11.1. The molecule has 0 radical (unpaired) electrons. The van der Waals surface area contributed by atoms with Gasteiger partial charge in [0.25, 0.3) is 0 Å². The van der Waals surface area contributed by atoms with Crippen LogP contribution in [-0.4, -0.2) is 69.9 Å². The topological polar surface area (TPSA) is 176 Å². The van der Waals surface area contributed by atoms with Gasteiger partial charge < -0.3 is 31.4 Å². The van der Waals surface area contributed by atoms with E-state index in [0.29, 0.717) is 18.3 Å². The van der Waals surface area contributed by atoms with Crippen LogP contribution in [0.5, 0.6) is 0 Å². The molecule has 0 aromatic heterocycles. The van der Waals surface area contributed by atoms with E-state index < -0.39 is 47.8 Å². The van der Waals surface area contributed by atoms with Crippen molar-refractivity contribution in [2.45, 2.75) is 70.2 Å². The zero-order valence-corrected chi connectivity index (χ0v) is 19.7. The van der Waals surface area contributed by atoms with Crippen molar-refractivity contribution in [2.24, 2.45) is 23.0 Å². The molecule has 3 unspecified atom stereocenters. The minimum atomic E-state index is -1.22. The number of nitrogens with one attached hydrogen (secondary N) is 2. The molecule has 5 atom stereocenters. The standard InChI is InChI=1S/C21H35N3O7S/c1-12(2)13-6-7-21(3,11-25)8-16(13)32-10-15(19(29)23-9-18(27)28)24-17(26)5-4-14(22)20(30)31/h11-16H,4-10,22H2,1-3H3,(H,23,29)(H,24,26)(H,27,28)(H,30,31)/t13?,14-,15-,16?,21?/m0/s1. The third kappa shape index (κ3) is 9.15. The van der Waals surface area contributed by atoms with Crippen molar-refractivity contribution >= 4 is 41.8 Å². The molecular weight excluding hydrogens is 438 g/mol. The highest BCUT2D eigenvalue weighted by molar-refractivity contribution is 8.00. The van der Waals surface area contributed by atoms with Crippen molar-refractivity contribution in [2.75, 3.05) is 12.3 Å². The van der Waals surface area contributed by atoms with Crippen LogP contribution in [0.1, 0.15) is 52.9 Å². The van der Waals surface area contributed by atoms with Crippen LogP contribution in [0.15, 0.2) is 0 Å². The predicted octanol–water partition coefficient (Wildman–Crippen LogP) is 0.627. The third-order valence-electron chi connectivity index (χ3n) is 5.88. The second-order valence-electron chi connectivity index (χ2n) is 9.01. The summed E-state index contributed by atoms with van der Waals surface area (Å²) in [6, 6.07) is -2.19. The average Bonchev–Trinajstić information content (AvgIpc) is 2.72. The van der Waals surface area contributed by atoms with Crippen LogP contribution in [0.3, 0.4) is 0 Å². The number of carboxylic acids is 2. The Hall–Kier alpha value is -2.14. The highest BCUT2D eigenvalue weighted by atomic mass is 32.2. The maximum Gasteiger partial charge on any atom is 0.322 e. The molecular formula is C21H35N3O7S. The molecule has 1 aliphatic rings. The van der Waals surface area contributed by atoms with Gasteiger partial charge in [-0.2, -0.15) is 11.8 Å². The quantitative estimate of drug-likeness (QED) is 0.240. The SMILES string of the molecule is CC(C)C1CCC(C)(C=O)CC1SC[C@H](NC(=O)CC[C@H](N)C(=O)O)C(=O)NCC(=O)O. The first-order chi connectivity index (χ1) is 14.9. The number of hydrogen-bond acceptors (Lipinski definition) is 7. The fourth-order valence-electron chi connectivity index (χ4n) is 3.81. The van der Waals surface area contributed by atoms with Crippen LogP contribution in [-0.2, 0) is 24.0 Å². The molecule has 182 valence electrons. The molecule has 0 aliphatic heterocycles. The van der Waals surface area contributed by atoms with E-state index in [1.807, 2.05) is 6.92 Å². The maximum absolute atomic E-state index is 12.5. The Morgan fingerprint density at radius 3 is 2.44 bits per heavy atom. The lowest BCUT2D eigenvalue weighted by Crippen LogP contribution is -2.50. The number of rotatable bonds is 13. The molecule has 0 aromatic carbocycles. The summed E-state index contributed by atoms with van der Waals surface area (Å²) in [5.41, 5.74) is 4.99. The van der Waals surface area contributed by atoms with Crippen LogP contribution < -0.4 is 16.4 Å². The number of carbonyl (C=O) groups is 5. The lowest BCUT2D eigenvalue weighted by molar-refractivity contribution is -0.139. The molecule has 10 nitrogen and oxygen atoms in total. The first-order valence-electron chi connectivity index (χ1n) is 10.7. The minimum Gasteiger partial charge on any atom is -0.480 e. The van der Waals surface area contributed by atoms with Gasteiger partial charge in [-0.05, 0) is 37.5 Å². The first kappa shape index (κ1) is 27.9. The number of hydrogen-bond donors (Lipinski definition) is 5. The van der Waals surface area contributed by atoms with E-state index in [1.54, 1.807) is 0 Å². The van der Waals surface area contributed by atoms with Gasteiger partial charge in [0.1, 0.15) is 24.9 Å². The number of amides is 2. The van der Waals surface area contributed by atoms with E-state index >= 15 is 0 Å². The van der Waals surface area contributed by atoms with Crippen LogP contribution in [0.25, 0.3) is 0 Å². The van der Waals surface area contributed by atoms with Gasteiger partial charge in [0.15, 0.2) is 0 Å². The number of carboxylic acid groups (broad SMARTS) is 2. The average molecular weight is 474 g/mol. The van der Waals surface area contributed by atoms with Gasteiger partial charge >= 0.3 is 11.9 Å². The summed E-state index contributed by atoms with van der Waals surface area (Å²) in [5, 5.41) is 22.6. The van der Waals surface area contributed by atoms with Crippen LogP contribution in [0.2, 0.25) is 0 Å². The van der Waals surface area contributed by atoms with E-state index in [4.69, 9.17) is 15.9 Å². The smallest absolute Gasteiger partial charge is 0.322 e. The Morgan fingerprint density at radius 1 is 1.25 bits per heavy atom. The van der Waals surface area contributed by atoms with Crippen LogP contribution >= 0.6 is 11.8 Å². The van der Waals surface area contributed by atoms with Crippen molar-refractivity contribution in [3.8, 4) is 0 Å². The normalized spacial score (nSPS) is 24.9. The monoisotopic (exact) mass is 473 g/mol. The number of carbonyl (C=O) groups excluding carboxylic acids is 3. The van der Waals surface area contributed by atoms with Gasteiger partial charge in [-0.15, -0.1) is 0 Å². The van der Waals surface area contributed by atoms with E-state index in [0.717, 1.165) is 19.1 Å². The molecule has 0 spiro atoms. The fourth-order valence-corrected chi connectivity index (χ4v) is 5.68. The summed E-state index contributed by atoms with van der Waals surface area (Å²) in [5.74, 6) is -2.68. The van der Waals surface area contributed by atoms with Crippen molar-refractivity contribution in [3.63, 3.8) is 0 Å². The van der Waals surface area contributed by atoms with Crippen molar-refractivity contribution in [1.29, 1.82) is 0 Å². The van der Waals surface area contributed by atoms with Gasteiger partial charge in [-0.3, -0.25) is 19.2 Å². The van der Waals surface area contributed by atoms with Crippen molar-refractivity contribution in [1.82, 2.24) is 10.6 Å². The van der Waals surface area contributed by atoms with E-state index in [9.17, 15) is 24.0 Å². The number of aldehydes is 1. The van der Waals surface area contributed by atoms with Gasteiger partial charge in [0.05, 0.1) is 0 Å². The highest BCUT2D eigenvalue weighted by Gasteiger charge is 2.39. The van der Waals surface area contributed by atoms with Gasteiger partial charge in [0.2, 0.25) is 11.8 Å². The number of aliphatic carboxylic acids is 2. The molecule has 0 aromatic rings. The Bertz CT molecular complexity index is 703. The van der Waals surface area contributed by atoms with Gasteiger partial charge in [0, 0.05) is 22.8 Å². The summed E-state index contributed by atoms with van der Waals surface area (Å²) in [6.45, 7) is 5.58. The summed E-state index contributed by atoms with van der Waals surface area (Å²) < 4.78 is 0. The second kappa shape index (κ2) is 12.8. The Balaban J connectivity index is 2.85. The Morgan fingerprint density at radius 2 is 1.91 bits per heavy atom. The number of nitrogens with two attached hydrogens (primary N) is 1. The van der Waals surface area contributed by atoms with Crippen molar-refractivity contribution in [3.05, 3.63) is 0 Å². The molecule has 11 heteroatoms. The molecule has 1 fully saturated rings. The molecule has 2 amide bonds. The number of thioether (sulfide) groups is 1. The van der Waals surface area contributed by atoms with Crippen molar-refractivity contribution < 1.29 is 34.2 Å². The Labute approximate surface area is 192 Å². The molecule has 6 N–H and O–H groups in total. The van der Waals surface area contributed by atoms with E-state index in [-0.39, 0.29) is 23.8 Å². The minimum absolute atomic E-state index is 0.0898. The lowest BCUT2D eigenvalue weighted by atomic mass is 9.69. The second-order valence-corrected chi connectivity index (χ2v) is 10.3. The summed E-state index contributed by atoms with van der Waals surface area (Å²) >= 11 is 1.49. The van der Waals surface area contributed by atoms with Gasteiger partial charge in [-0.25, -0.2) is 0 Å². The predicted molar refractivity (Wildman–Crippen MR) is 120 cm³/mol. The molecule has 1 saturated carbocycles. The molecule has 1 rings (SSSR count). The van der Waals surface area contributed by atoms with E-state index in [2.05, 4.69) is 24.5 Å². The molecule has 0 saturated heterocycles. The summed E-state index contributed by atoms with van der Waals surface area (Å²) in [7, 11) is 0. The zero-order valence-electron chi connectivity index (χ0n) is 18.8. The molecule has 0 heterocycles. The summed E-state index contributed by atoms with van der Waals surface area (Å²) in [4.78, 5) is 58.0. The fraction of sp³-hybridized carbons (Fsp3) is 0.762. The van der Waals surface area contributed by atoms with Crippen LogP contribution in [0, 0.1) is 17.3 Å². The first-order valence-corrected chi connectivity index (χ1v) is 11.8. The molecule has 32 heavy (non-hydrogen) atoms.